The topological polar surface area (TPSA) is 24.4 Å². The Bertz CT molecular complexity index is 172. The van der Waals surface area contributed by atoms with E-state index in [0.717, 1.165) is 5.84 Å². The number of nitrogens with zero attached hydrogens (tertiary/aromatic N) is 1. The second kappa shape index (κ2) is 2.17. The molecule has 1 heterocycles. The Morgan fingerprint density at radius 3 is 2.89 bits per heavy atom. The molecular formula is C6H9FN2. The molecule has 2 nitrogen and oxygen atoms in total. The van der Waals surface area contributed by atoms with Gasteiger partial charge in [0.1, 0.15) is 5.83 Å². The van der Waals surface area contributed by atoms with Crippen LogP contribution in [0.25, 0.3) is 0 Å². The minimum Gasteiger partial charge on any atom is -0.365 e. The molecule has 1 atom stereocenters. The molecule has 0 fully saturated rings. The molecule has 0 spiro atoms. The van der Waals surface area contributed by atoms with Crippen molar-refractivity contribution < 1.29 is 4.39 Å². The van der Waals surface area contributed by atoms with Crippen LogP contribution >= 0.6 is 0 Å². The van der Waals surface area contributed by atoms with E-state index in [9.17, 15) is 4.39 Å². The molecule has 0 aliphatic carbocycles. The summed E-state index contributed by atoms with van der Waals surface area (Å²) in [6, 6.07) is -0.206. The number of nitrogens with one attached hydrogen (secondary N) is 1. The molecule has 0 aromatic carbocycles. The van der Waals surface area contributed by atoms with Crippen LogP contribution < -0.4 is 5.32 Å². The molecule has 3 heteroatoms. The van der Waals surface area contributed by atoms with Gasteiger partial charge in [-0.1, -0.05) is 0 Å². The second-order valence-electron chi connectivity index (χ2n) is 2.09. The SMILES string of the molecule is CC1=NC=C(F)C(C)N1. The van der Waals surface area contributed by atoms with Gasteiger partial charge in [0, 0.05) is 0 Å². The van der Waals surface area contributed by atoms with Crippen LogP contribution in [0.3, 0.4) is 0 Å². The molecule has 50 valence electrons. The van der Waals surface area contributed by atoms with Gasteiger partial charge in [0.25, 0.3) is 0 Å². The van der Waals surface area contributed by atoms with Crippen molar-refractivity contribution >= 4 is 5.84 Å². The van der Waals surface area contributed by atoms with Crippen molar-refractivity contribution in [2.45, 2.75) is 19.9 Å². The Balaban J connectivity index is 2.74. The summed E-state index contributed by atoms with van der Waals surface area (Å²) in [5.74, 6) is 0.560. The highest BCUT2D eigenvalue weighted by Gasteiger charge is 2.10. The molecule has 0 radical (unpaired) electrons. The summed E-state index contributed by atoms with van der Waals surface area (Å²) in [5.41, 5.74) is 0. The van der Waals surface area contributed by atoms with Crippen LogP contribution in [0.4, 0.5) is 4.39 Å². The highest BCUT2D eigenvalue weighted by Crippen LogP contribution is 2.07. The highest BCUT2D eigenvalue weighted by atomic mass is 19.1. The zero-order chi connectivity index (χ0) is 6.85. The highest BCUT2D eigenvalue weighted by molar-refractivity contribution is 5.81. The van der Waals surface area contributed by atoms with Gasteiger partial charge in [-0.3, -0.25) is 0 Å². The molecule has 0 aromatic heterocycles. The summed E-state index contributed by atoms with van der Waals surface area (Å²) in [4.78, 5) is 3.73. The van der Waals surface area contributed by atoms with Crippen molar-refractivity contribution in [1.82, 2.24) is 5.32 Å². The summed E-state index contributed by atoms with van der Waals surface area (Å²) in [5, 5.41) is 2.84. The van der Waals surface area contributed by atoms with Gasteiger partial charge in [0.05, 0.1) is 18.1 Å². The third-order valence-corrected chi connectivity index (χ3v) is 1.22. The first-order chi connectivity index (χ1) is 4.20. The van der Waals surface area contributed by atoms with Crippen LogP contribution in [0.2, 0.25) is 0 Å². The normalized spacial score (nSPS) is 26.3. The van der Waals surface area contributed by atoms with E-state index in [-0.39, 0.29) is 11.9 Å². The van der Waals surface area contributed by atoms with Gasteiger partial charge in [-0.25, -0.2) is 9.38 Å². The Morgan fingerprint density at radius 1 is 1.78 bits per heavy atom. The van der Waals surface area contributed by atoms with Gasteiger partial charge in [-0.05, 0) is 13.8 Å². The van der Waals surface area contributed by atoms with Crippen LogP contribution in [-0.2, 0) is 0 Å². The quantitative estimate of drug-likeness (QED) is 0.521. The van der Waals surface area contributed by atoms with E-state index >= 15 is 0 Å². The van der Waals surface area contributed by atoms with Crippen LogP contribution in [0.1, 0.15) is 13.8 Å². The maximum Gasteiger partial charge on any atom is 0.140 e. The van der Waals surface area contributed by atoms with Gasteiger partial charge in [0.2, 0.25) is 0 Å². The lowest BCUT2D eigenvalue weighted by Gasteiger charge is -2.15. The maximum atomic E-state index is 12.4. The van der Waals surface area contributed by atoms with Crippen LogP contribution in [0.15, 0.2) is 17.0 Å². The molecule has 0 bridgehead atoms. The number of hydrogen-bond donors (Lipinski definition) is 1. The van der Waals surface area contributed by atoms with Crippen molar-refractivity contribution in [3.63, 3.8) is 0 Å². The van der Waals surface area contributed by atoms with Crippen molar-refractivity contribution in [2.24, 2.45) is 4.99 Å². The maximum absolute atomic E-state index is 12.4. The van der Waals surface area contributed by atoms with Crippen LogP contribution in [0, 0.1) is 0 Å². The predicted octanol–water partition coefficient (Wildman–Crippen LogP) is 1.21. The Hall–Kier alpha value is -0.860. The van der Waals surface area contributed by atoms with E-state index in [2.05, 4.69) is 10.3 Å². The molecular weight excluding hydrogens is 119 g/mol. The number of rotatable bonds is 0. The fourth-order valence-corrected chi connectivity index (χ4v) is 0.690. The zero-order valence-corrected chi connectivity index (χ0v) is 5.48. The minimum absolute atomic E-state index is 0.206. The second-order valence-corrected chi connectivity index (χ2v) is 2.09. The molecule has 1 unspecified atom stereocenters. The Labute approximate surface area is 53.5 Å². The molecule has 9 heavy (non-hydrogen) atoms. The van der Waals surface area contributed by atoms with Gasteiger partial charge in [0.15, 0.2) is 0 Å². The lowest BCUT2D eigenvalue weighted by molar-refractivity contribution is 0.525. The molecule has 1 aliphatic heterocycles. The first-order valence-corrected chi connectivity index (χ1v) is 2.86. The van der Waals surface area contributed by atoms with E-state index in [1.807, 2.05) is 0 Å². The summed E-state index contributed by atoms with van der Waals surface area (Å²) < 4.78 is 12.4. The summed E-state index contributed by atoms with van der Waals surface area (Å²) >= 11 is 0. The van der Waals surface area contributed by atoms with Crippen LogP contribution in [0.5, 0.6) is 0 Å². The minimum atomic E-state index is -0.208. The van der Waals surface area contributed by atoms with Gasteiger partial charge in [-0.15, -0.1) is 0 Å². The smallest absolute Gasteiger partial charge is 0.140 e. The largest absolute Gasteiger partial charge is 0.365 e. The Kier molecular flexibility index (Phi) is 1.51. The lowest BCUT2D eigenvalue weighted by Crippen LogP contribution is -2.33. The predicted molar refractivity (Wildman–Crippen MR) is 34.9 cm³/mol. The van der Waals surface area contributed by atoms with Crippen LogP contribution in [-0.4, -0.2) is 11.9 Å². The summed E-state index contributed by atoms with van der Waals surface area (Å²) in [6.07, 6.45) is 1.25. The molecule has 0 saturated heterocycles. The monoisotopic (exact) mass is 128 g/mol. The molecule has 0 saturated carbocycles. The fourth-order valence-electron chi connectivity index (χ4n) is 0.690. The number of halogens is 1. The summed E-state index contributed by atoms with van der Waals surface area (Å²) in [7, 11) is 0. The molecule has 1 aliphatic rings. The zero-order valence-electron chi connectivity index (χ0n) is 5.48. The summed E-state index contributed by atoms with van der Waals surface area (Å²) in [6.45, 7) is 3.56. The molecule has 1 N–H and O–H groups in total. The lowest BCUT2D eigenvalue weighted by atomic mass is 10.3. The van der Waals surface area contributed by atoms with Crippen molar-refractivity contribution in [1.29, 1.82) is 0 Å². The molecule has 1 rings (SSSR count). The van der Waals surface area contributed by atoms with E-state index < -0.39 is 0 Å². The average molecular weight is 128 g/mol. The van der Waals surface area contributed by atoms with E-state index in [0.29, 0.717) is 0 Å². The first-order valence-electron chi connectivity index (χ1n) is 2.86. The van der Waals surface area contributed by atoms with Crippen molar-refractivity contribution in [3.05, 3.63) is 12.0 Å². The third-order valence-electron chi connectivity index (χ3n) is 1.22. The van der Waals surface area contributed by atoms with Gasteiger partial charge >= 0.3 is 0 Å². The number of aliphatic imine (C=N–C) groups is 1. The number of hydrogen-bond acceptors (Lipinski definition) is 2. The molecule has 0 amide bonds. The standard InChI is InChI=1S/C6H9FN2/c1-4-6(7)3-8-5(2)9-4/h3-4H,1-2H3,(H,8,9). The first kappa shape index (κ1) is 6.26. The number of amidine groups is 1. The fraction of sp³-hybridized carbons (Fsp3) is 0.500. The van der Waals surface area contributed by atoms with E-state index in [4.69, 9.17) is 0 Å². The third kappa shape index (κ3) is 1.28. The molecule has 0 aromatic rings. The van der Waals surface area contributed by atoms with E-state index in [1.165, 1.54) is 6.20 Å². The van der Waals surface area contributed by atoms with Gasteiger partial charge < -0.3 is 5.32 Å². The van der Waals surface area contributed by atoms with E-state index in [1.54, 1.807) is 13.8 Å². The van der Waals surface area contributed by atoms with Crippen molar-refractivity contribution in [2.75, 3.05) is 0 Å². The van der Waals surface area contributed by atoms with Gasteiger partial charge in [-0.2, -0.15) is 0 Å². The average Bonchev–Trinajstić information content (AvgIpc) is 1.80. The Morgan fingerprint density at radius 2 is 2.44 bits per heavy atom. The van der Waals surface area contributed by atoms with Crippen molar-refractivity contribution in [3.8, 4) is 0 Å².